The first kappa shape index (κ1) is 10.2. The molecule has 0 bridgehead atoms. The van der Waals surface area contributed by atoms with Gasteiger partial charge < -0.3 is 10.5 Å². The Morgan fingerprint density at radius 1 is 1.62 bits per heavy atom. The normalized spacial score (nSPS) is 9.31. The number of hydrogen-bond acceptors (Lipinski definition) is 2. The van der Waals surface area contributed by atoms with Crippen LogP contribution in [0.2, 0.25) is 5.02 Å². The van der Waals surface area contributed by atoms with Gasteiger partial charge in [0.05, 0.1) is 10.2 Å². The van der Waals surface area contributed by atoms with E-state index >= 15 is 0 Å². The van der Waals surface area contributed by atoms with E-state index in [1.807, 2.05) is 0 Å². The van der Waals surface area contributed by atoms with Crippen molar-refractivity contribution < 1.29 is 4.74 Å². The molecular formula is C9H7BrClNO. The standard InChI is InChI=1S/C9H7BrClNO/c1-2-3-13-9-7(10)4-6(11)5-8(9)12/h1,4-5H,3,12H2. The molecule has 0 amide bonds. The van der Waals surface area contributed by atoms with E-state index < -0.39 is 0 Å². The predicted molar refractivity (Wildman–Crippen MR) is 57.9 cm³/mol. The van der Waals surface area contributed by atoms with E-state index in [-0.39, 0.29) is 6.61 Å². The van der Waals surface area contributed by atoms with Crippen LogP contribution in [0, 0.1) is 12.3 Å². The minimum atomic E-state index is 0.185. The highest BCUT2D eigenvalue weighted by atomic mass is 79.9. The highest BCUT2D eigenvalue weighted by molar-refractivity contribution is 9.10. The molecule has 2 nitrogen and oxygen atoms in total. The molecule has 0 atom stereocenters. The molecule has 0 heterocycles. The first-order valence-corrected chi connectivity index (χ1v) is 4.63. The van der Waals surface area contributed by atoms with Gasteiger partial charge in [0.1, 0.15) is 6.61 Å². The SMILES string of the molecule is C#CCOc1c(N)cc(Cl)cc1Br. The van der Waals surface area contributed by atoms with Gasteiger partial charge in [-0.15, -0.1) is 6.42 Å². The van der Waals surface area contributed by atoms with Gasteiger partial charge in [0.15, 0.2) is 5.75 Å². The van der Waals surface area contributed by atoms with Crippen molar-refractivity contribution in [3.63, 3.8) is 0 Å². The summed E-state index contributed by atoms with van der Waals surface area (Å²) in [6, 6.07) is 3.31. The maximum absolute atomic E-state index is 5.75. The van der Waals surface area contributed by atoms with E-state index in [2.05, 4.69) is 21.9 Å². The summed E-state index contributed by atoms with van der Waals surface area (Å²) < 4.78 is 5.91. The molecule has 1 rings (SSSR count). The molecule has 0 aromatic heterocycles. The number of ether oxygens (including phenoxy) is 1. The van der Waals surface area contributed by atoms with Crippen molar-refractivity contribution in [2.24, 2.45) is 0 Å². The van der Waals surface area contributed by atoms with E-state index in [4.69, 9.17) is 28.5 Å². The van der Waals surface area contributed by atoms with Gasteiger partial charge in [-0.05, 0) is 28.1 Å². The average molecular weight is 261 g/mol. The van der Waals surface area contributed by atoms with Crippen molar-refractivity contribution in [2.75, 3.05) is 12.3 Å². The Kier molecular flexibility index (Phi) is 3.47. The number of rotatable bonds is 2. The van der Waals surface area contributed by atoms with Crippen molar-refractivity contribution in [1.82, 2.24) is 0 Å². The van der Waals surface area contributed by atoms with E-state index in [1.165, 1.54) is 0 Å². The van der Waals surface area contributed by atoms with Crippen LogP contribution in [0.5, 0.6) is 5.75 Å². The van der Waals surface area contributed by atoms with Crippen LogP contribution in [0.25, 0.3) is 0 Å². The molecule has 0 aliphatic rings. The summed E-state index contributed by atoms with van der Waals surface area (Å²) in [4.78, 5) is 0. The lowest BCUT2D eigenvalue weighted by molar-refractivity contribution is 0.370. The number of halogens is 2. The lowest BCUT2D eigenvalue weighted by Crippen LogP contribution is -1.98. The zero-order valence-electron chi connectivity index (χ0n) is 6.68. The average Bonchev–Trinajstić information content (AvgIpc) is 2.02. The van der Waals surface area contributed by atoms with Gasteiger partial charge in [-0.3, -0.25) is 0 Å². The minimum Gasteiger partial charge on any atom is -0.478 e. The Hall–Kier alpha value is -0.850. The molecule has 0 aliphatic carbocycles. The molecular weight excluding hydrogens is 253 g/mol. The van der Waals surface area contributed by atoms with Crippen molar-refractivity contribution in [3.05, 3.63) is 21.6 Å². The zero-order chi connectivity index (χ0) is 9.84. The molecule has 2 N–H and O–H groups in total. The highest BCUT2D eigenvalue weighted by Gasteiger charge is 2.06. The third-order valence-electron chi connectivity index (χ3n) is 1.34. The fourth-order valence-electron chi connectivity index (χ4n) is 0.846. The van der Waals surface area contributed by atoms with Gasteiger partial charge in [0.25, 0.3) is 0 Å². The molecule has 4 heteroatoms. The van der Waals surface area contributed by atoms with E-state index in [9.17, 15) is 0 Å². The second-order valence-electron chi connectivity index (χ2n) is 2.30. The van der Waals surface area contributed by atoms with Gasteiger partial charge >= 0.3 is 0 Å². The summed E-state index contributed by atoms with van der Waals surface area (Å²) in [6.45, 7) is 0.185. The highest BCUT2D eigenvalue weighted by Crippen LogP contribution is 2.34. The van der Waals surface area contributed by atoms with E-state index in [1.54, 1.807) is 12.1 Å². The van der Waals surface area contributed by atoms with Crippen LogP contribution in [0.1, 0.15) is 0 Å². The van der Waals surface area contributed by atoms with Crippen molar-refractivity contribution in [2.45, 2.75) is 0 Å². The maximum atomic E-state index is 5.75. The number of nitrogens with two attached hydrogens (primary N) is 1. The molecule has 0 radical (unpaired) electrons. The van der Waals surface area contributed by atoms with Gasteiger partial charge in [-0.25, -0.2) is 0 Å². The molecule has 1 aromatic carbocycles. The molecule has 0 saturated heterocycles. The molecule has 0 spiro atoms. The van der Waals surface area contributed by atoms with Crippen LogP contribution >= 0.6 is 27.5 Å². The van der Waals surface area contributed by atoms with E-state index in [0.717, 1.165) is 0 Å². The Labute approximate surface area is 90.1 Å². The summed E-state index contributed by atoms with van der Waals surface area (Å²) in [5, 5.41) is 0.553. The maximum Gasteiger partial charge on any atom is 0.157 e. The lowest BCUT2D eigenvalue weighted by atomic mass is 10.3. The van der Waals surface area contributed by atoms with Crippen LogP contribution in [0.15, 0.2) is 16.6 Å². The van der Waals surface area contributed by atoms with Gasteiger partial charge in [-0.2, -0.15) is 0 Å². The molecule has 0 fully saturated rings. The molecule has 13 heavy (non-hydrogen) atoms. The van der Waals surface area contributed by atoms with Crippen LogP contribution in [0.4, 0.5) is 5.69 Å². The third kappa shape index (κ3) is 2.55. The summed E-state index contributed by atoms with van der Waals surface area (Å²) in [5.41, 5.74) is 6.12. The van der Waals surface area contributed by atoms with Gasteiger partial charge in [0.2, 0.25) is 0 Å². The summed E-state index contributed by atoms with van der Waals surface area (Å²) >= 11 is 9.02. The largest absolute Gasteiger partial charge is 0.478 e. The van der Waals surface area contributed by atoms with Crippen LogP contribution in [0.3, 0.4) is 0 Å². The third-order valence-corrected chi connectivity index (χ3v) is 2.14. The molecule has 0 saturated carbocycles. The van der Waals surface area contributed by atoms with Crippen molar-refractivity contribution in [3.8, 4) is 18.1 Å². The number of hydrogen-bond donors (Lipinski definition) is 1. The molecule has 0 aliphatic heterocycles. The fourth-order valence-corrected chi connectivity index (χ4v) is 1.79. The number of benzene rings is 1. The zero-order valence-corrected chi connectivity index (χ0v) is 9.02. The number of terminal acetylenes is 1. The van der Waals surface area contributed by atoms with Crippen LogP contribution in [-0.4, -0.2) is 6.61 Å². The topological polar surface area (TPSA) is 35.2 Å². The van der Waals surface area contributed by atoms with Gasteiger partial charge in [-0.1, -0.05) is 17.5 Å². The van der Waals surface area contributed by atoms with Crippen LogP contribution < -0.4 is 10.5 Å². The monoisotopic (exact) mass is 259 g/mol. The molecule has 0 unspecified atom stereocenters. The van der Waals surface area contributed by atoms with Crippen LogP contribution in [-0.2, 0) is 0 Å². The second kappa shape index (κ2) is 4.40. The molecule has 68 valence electrons. The van der Waals surface area contributed by atoms with Crippen molar-refractivity contribution in [1.29, 1.82) is 0 Å². The first-order valence-electron chi connectivity index (χ1n) is 3.46. The quantitative estimate of drug-likeness (QED) is 0.655. The lowest BCUT2D eigenvalue weighted by Gasteiger charge is -2.08. The minimum absolute atomic E-state index is 0.185. The summed E-state index contributed by atoms with van der Waals surface area (Å²) in [5.74, 6) is 2.88. The molecule has 1 aromatic rings. The van der Waals surface area contributed by atoms with Gasteiger partial charge in [0, 0.05) is 5.02 Å². The summed E-state index contributed by atoms with van der Waals surface area (Å²) in [7, 11) is 0. The van der Waals surface area contributed by atoms with Crippen molar-refractivity contribution >= 4 is 33.2 Å². The Balaban J connectivity index is 3.00. The smallest absolute Gasteiger partial charge is 0.157 e. The first-order chi connectivity index (χ1) is 6.15. The summed E-state index contributed by atoms with van der Waals surface area (Å²) in [6.07, 6.45) is 5.05. The fraction of sp³-hybridized carbons (Fsp3) is 0.111. The number of nitrogen functional groups attached to an aromatic ring is 1. The Bertz CT molecular complexity index is 336. The predicted octanol–water partition coefficient (Wildman–Crippen LogP) is 2.70. The Morgan fingerprint density at radius 3 is 2.85 bits per heavy atom. The van der Waals surface area contributed by atoms with E-state index in [0.29, 0.717) is 20.9 Å². The Morgan fingerprint density at radius 2 is 2.31 bits per heavy atom. The second-order valence-corrected chi connectivity index (χ2v) is 3.59. The number of anilines is 1.